The quantitative estimate of drug-likeness (QED) is 0.569. The standard InChI is InChI=1S/C18H20BrClFNO2/c1-3-7-24-18-14(19)8-12(9-17(18)23-4-2)11-22-13-5-6-16(21)15(20)10-13/h5-6,8-10,22H,3-4,7,11H2,1-2H3. The van der Waals surface area contributed by atoms with Crippen molar-refractivity contribution in [2.24, 2.45) is 0 Å². The van der Waals surface area contributed by atoms with Gasteiger partial charge in [-0.1, -0.05) is 18.5 Å². The van der Waals surface area contributed by atoms with Gasteiger partial charge in [-0.05, 0) is 65.2 Å². The van der Waals surface area contributed by atoms with Gasteiger partial charge in [0, 0.05) is 12.2 Å². The van der Waals surface area contributed by atoms with Crippen molar-refractivity contribution in [2.45, 2.75) is 26.8 Å². The Hall–Kier alpha value is -1.46. The highest BCUT2D eigenvalue weighted by molar-refractivity contribution is 9.10. The Kier molecular flexibility index (Phi) is 7.18. The Balaban J connectivity index is 2.16. The maximum atomic E-state index is 13.2. The Bertz CT molecular complexity index is 697. The zero-order valence-electron chi connectivity index (χ0n) is 13.7. The lowest BCUT2D eigenvalue weighted by Gasteiger charge is -2.16. The minimum atomic E-state index is -0.430. The van der Waals surface area contributed by atoms with Gasteiger partial charge in [0.2, 0.25) is 0 Å². The first-order chi connectivity index (χ1) is 11.5. The first kappa shape index (κ1) is 18.9. The van der Waals surface area contributed by atoms with E-state index in [0.29, 0.717) is 31.3 Å². The van der Waals surface area contributed by atoms with Crippen LogP contribution in [0.4, 0.5) is 10.1 Å². The van der Waals surface area contributed by atoms with Crippen molar-refractivity contribution in [2.75, 3.05) is 18.5 Å². The van der Waals surface area contributed by atoms with Crippen molar-refractivity contribution < 1.29 is 13.9 Å². The van der Waals surface area contributed by atoms with Gasteiger partial charge in [-0.15, -0.1) is 0 Å². The lowest BCUT2D eigenvalue weighted by Crippen LogP contribution is -2.04. The van der Waals surface area contributed by atoms with Gasteiger partial charge >= 0.3 is 0 Å². The summed E-state index contributed by atoms with van der Waals surface area (Å²) in [6.45, 7) is 5.72. The fourth-order valence-electron chi connectivity index (χ4n) is 2.14. The molecule has 2 rings (SSSR count). The summed E-state index contributed by atoms with van der Waals surface area (Å²) in [6.07, 6.45) is 0.923. The van der Waals surface area contributed by atoms with E-state index in [9.17, 15) is 4.39 Å². The van der Waals surface area contributed by atoms with E-state index in [4.69, 9.17) is 21.1 Å². The van der Waals surface area contributed by atoms with Gasteiger partial charge in [-0.3, -0.25) is 0 Å². The minimum absolute atomic E-state index is 0.0968. The summed E-state index contributed by atoms with van der Waals surface area (Å²) in [5, 5.41) is 3.32. The van der Waals surface area contributed by atoms with Crippen molar-refractivity contribution in [3.63, 3.8) is 0 Å². The predicted molar refractivity (Wildman–Crippen MR) is 99.8 cm³/mol. The second-order valence-corrected chi connectivity index (χ2v) is 6.43. The molecule has 2 aromatic rings. The molecular weight excluding hydrogens is 397 g/mol. The molecule has 0 heterocycles. The van der Waals surface area contributed by atoms with Crippen LogP contribution in [0.2, 0.25) is 5.02 Å². The molecule has 0 aliphatic carbocycles. The van der Waals surface area contributed by atoms with Gasteiger partial charge in [0.05, 0.1) is 22.7 Å². The molecule has 0 aromatic heterocycles. The highest BCUT2D eigenvalue weighted by Crippen LogP contribution is 2.37. The summed E-state index contributed by atoms with van der Waals surface area (Å²) in [6, 6.07) is 8.48. The Labute approximate surface area is 155 Å². The van der Waals surface area contributed by atoms with Gasteiger partial charge < -0.3 is 14.8 Å². The predicted octanol–water partition coefficient (Wildman–Crippen LogP) is 6.04. The smallest absolute Gasteiger partial charge is 0.175 e. The number of anilines is 1. The molecule has 0 amide bonds. The zero-order chi connectivity index (χ0) is 17.5. The Morgan fingerprint density at radius 1 is 1.17 bits per heavy atom. The van der Waals surface area contributed by atoms with Crippen molar-refractivity contribution in [3.05, 3.63) is 51.2 Å². The van der Waals surface area contributed by atoms with Crippen LogP contribution in [0.3, 0.4) is 0 Å². The van der Waals surface area contributed by atoms with E-state index in [2.05, 4.69) is 28.2 Å². The number of nitrogens with one attached hydrogen (secondary N) is 1. The zero-order valence-corrected chi connectivity index (χ0v) is 16.0. The third-order valence-electron chi connectivity index (χ3n) is 3.24. The molecule has 6 heteroatoms. The fourth-order valence-corrected chi connectivity index (χ4v) is 2.93. The van der Waals surface area contributed by atoms with Crippen LogP contribution in [0.15, 0.2) is 34.8 Å². The van der Waals surface area contributed by atoms with E-state index >= 15 is 0 Å². The maximum Gasteiger partial charge on any atom is 0.175 e. The highest BCUT2D eigenvalue weighted by Gasteiger charge is 2.12. The van der Waals surface area contributed by atoms with Gasteiger partial charge in [0.1, 0.15) is 5.82 Å². The van der Waals surface area contributed by atoms with Crippen LogP contribution in [-0.2, 0) is 6.54 Å². The Morgan fingerprint density at radius 3 is 2.62 bits per heavy atom. The second-order valence-electron chi connectivity index (χ2n) is 5.17. The Morgan fingerprint density at radius 2 is 1.96 bits per heavy atom. The van der Waals surface area contributed by atoms with Crippen LogP contribution in [-0.4, -0.2) is 13.2 Å². The van der Waals surface area contributed by atoms with Crippen molar-refractivity contribution in [1.82, 2.24) is 0 Å². The third kappa shape index (κ3) is 5.02. The summed E-state index contributed by atoms with van der Waals surface area (Å²) in [7, 11) is 0. The van der Waals surface area contributed by atoms with Crippen molar-refractivity contribution in [1.29, 1.82) is 0 Å². The van der Waals surface area contributed by atoms with E-state index in [0.717, 1.165) is 22.1 Å². The third-order valence-corrected chi connectivity index (χ3v) is 4.11. The fraction of sp³-hybridized carbons (Fsp3) is 0.333. The SMILES string of the molecule is CCCOc1c(Br)cc(CNc2ccc(F)c(Cl)c2)cc1OCC. The van der Waals surface area contributed by atoms with E-state index in [1.165, 1.54) is 6.07 Å². The lowest BCUT2D eigenvalue weighted by molar-refractivity contribution is 0.275. The maximum absolute atomic E-state index is 13.2. The molecule has 1 N–H and O–H groups in total. The summed E-state index contributed by atoms with van der Waals surface area (Å²) < 4.78 is 25.5. The molecule has 2 aromatic carbocycles. The van der Waals surface area contributed by atoms with Gasteiger partial charge in [-0.25, -0.2) is 4.39 Å². The van der Waals surface area contributed by atoms with Crippen LogP contribution in [0.25, 0.3) is 0 Å². The lowest BCUT2D eigenvalue weighted by atomic mass is 10.2. The molecule has 0 atom stereocenters. The van der Waals surface area contributed by atoms with E-state index in [1.807, 2.05) is 19.1 Å². The van der Waals surface area contributed by atoms with E-state index < -0.39 is 5.82 Å². The van der Waals surface area contributed by atoms with Gasteiger partial charge in [-0.2, -0.15) is 0 Å². The molecule has 0 aliphatic rings. The molecule has 0 saturated carbocycles. The highest BCUT2D eigenvalue weighted by atomic mass is 79.9. The number of benzene rings is 2. The number of hydrogen-bond acceptors (Lipinski definition) is 3. The molecular formula is C18H20BrClFNO2. The number of halogens is 3. The van der Waals surface area contributed by atoms with Crippen LogP contribution < -0.4 is 14.8 Å². The molecule has 0 unspecified atom stereocenters. The molecule has 3 nitrogen and oxygen atoms in total. The average molecular weight is 417 g/mol. The topological polar surface area (TPSA) is 30.5 Å². The monoisotopic (exact) mass is 415 g/mol. The van der Waals surface area contributed by atoms with Crippen molar-refractivity contribution in [3.8, 4) is 11.5 Å². The van der Waals surface area contributed by atoms with Crippen LogP contribution >= 0.6 is 27.5 Å². The normalized spacial score (nSPS) is 10.5. The summed E-state index contributed by atoms with van der Waals surface area (Å²) >= 11 is 9.34. The van der Waals surface area contributed by atoms with Gasteiger partial charge in [0.15, 0.2) is 11.5 Å². The van der Waals surface area contributed by atoms with E-state index in [1.54, 1.807) is 12.1 Å². The number of ether oxygens (including phenoxy) is 2. The van der Waals surface area contributed by atoms with Crippen LogP contribution in [0, 0.1) is 5.82 Å². The molecule has 0 aliphatic heterocycles. The van der Waals surface area contributed by atoms with E-state index in [-0.39, 0.29) is 5.02 Å². The molecule has 24 heavy (non-hydrogen) atoms. The average Bonchev–Trinajstić information content (AvgIpc) is 2.55. The molecule has 0 saturated heterocycles. The first-order valence-electron chi connectivity index (χ1n) is 7.82. The molecule has 0 bridgehead atoms. The summed E-state index contributed by atoms with van der Waals surface area (Å²) in [4.78, 5) is 0. The largest absolute Gasteiger partial charge is 0.490 e. The van der Waals surface area contributed by atoms with Crippen LogP contribution in [0.5, 0.6) is 11.5 Å². The second kappa shape index (κ2) is 9.14. The van der Waals surface area contributed by atoms with Crippen LogP contribution in [0.1, 0.15) is 25.8 Å². The molecule has 0 spiro atoms. The van der Waals surface area contributed by atoms with Crippen molar-refractivity contribution >= 4 is 33.2 Å². The first-order valence-corrected chi connectivity index (χ1v) is 8.99. The summed E-state index contributed by atoms with van der Waals surface area (Å²) in [5.74, 6) is 0.988. The minimum Gasteiger partial charge on any atom is -0.490 e. The number of rotatable bonds is 8. The molecule has 0 radical (unpaired) electrons. The summed E-state index contributed by atoms with van der Waals surface area (Å²) in [5.41, 5.74) is 1.76. The number of hydrogen-bond donors (Lipinski definition) is 1. The molecule has 0 fully saturated rings. The molecule has 130 valence electrons. The van der Waals surface area contributed by atoms with Gasteiger partial charge in [0.25, 0.3) is 0 Å².